The van der Waals surface area contributed by atoms with Gasteiger partial charge in [0.1, 0.15) is 18.1 Å². The van der Waals surface area contributed by atoms with E-state index in [1.165, 1.54) is 0 Å². The van der Waals surface area contributed by atoms with Gasteiger partial charge in [0.25, 0.3) is 0 Å². The molecule has 0 unspecified atom stereocenters. The third kappa shape index (κ3) is 4.73. The van der Waals surface area contributed by atoms with Crippen molar-refractivity contribution in [3.05, 3.63) is 23.7 Å². The van der Waals surface area contributed by atoms with Crippen molar-refractivity contribution in [3.63, 3.8) is 0 Å². The molecule has 3 heterocycles. The number of aryl methyl sites for hydroxylation is 1. The molecule has 0 spiro atoms. The second kappa shape index (κ2) is 8.35. The molecule has 25 heavy (non-hydrogen) atoms. The predicted octanol–water partition coefficient (Wildman–Crippen LogP) is 0.493. The highest BCUT2D eigenvalue weighted by Gasteiger charge is 2.27. The molecule has 1 atom stereocenters. The Morgan fingerprint density at radius 1 is 1.32 bits per heavy atom. The summed E-state index contributed by atoms with van der Waals surface area (Å²) in [6.45, 7) is 6.59. The molecule has 0 saturated carbocycles. The van der Waals surface area contributed by atoms with E-state index in [-0.39, 0.29) is 24.5 Å². The molecule has 1 aromatic heterocycles. The van der Waals surface area contributed by atoms with Crippen LogP contribution in [0.2, 0.25) is 0 Å². The number of furan rings is 1. The largest absolute Gasteiger partial charge is 0.465 e. The maximum atomic E-state index is 12.5. The Balaban J connectivity index is 1.63. The number of amides is 3. The summed E-state index contributed by atoms with van der Waals surface area (Å²) in [4.78, 5) is 27.9. The van der Waals surface area contributed by atoms with Crippen LogP contribution in [0.4, 0.5) is 4.79 Å². The number of carbonyl (C=O) groups is 2. The van der Waals surface area contributed by atoms with Crippen LogP contribution in [0.5, 0.6) is 0 Å². The van der Waals surface area contributed by atoms with E-state index >= 15 is 0 Å². The van der Waals surface area contributed by atoms with E-state index in [4.69, 9.17) is 9.15 Å². The zero-order valence-corrected chi connectivity index (χ0v) is 14.6. The number of morpholine rings is 1. The fraction of sp³-hybridized carbons (Fsp3) is 0.647. The van der Waals surface area contributed by atoms with Crippen molar-refractivity contribution in [1.29, 1.82) is 0 Å². The zero-order chi connectivity index (χ0) is 17.6. The molecule has 3 rings (SSSR count). The first-order valence-electron chi connectivity index (χ1n) is 8.81. The summed E-state index contributed by atoms with van der Waals surface area (Å²) < 4.78 is 11.2. The summed E-state index contributed by atoms with van der Waals surface area (Å²) in [7, 11) is 0. The second-order valence-electron chi connectivity index (χ2n) is 6.42. The van der Waals surface area contributed by atoms with Crippen LogP contribution in [-0.2, 0) is 9.53 Å². The standard InChI is InChI=1S/C17H26N4O4/c1-13-3-4-15(25-13)14(20-7-9-24-10-8-20)11-19-17(23)21-6-2-5-18-16(22)12-21/h3-4,14H,2,5-12H2,1H3,(H,18,22)(H,19,23)/t14-/m1/s1. The van der Waals surface area contributed by atoms with Crippen LogP contribution in [0.1, 0.15) is 24.0 Å². The normalized spacial score (nSPS) is 20.7. The minimum atomic E-state index is -0.210. The second-order valence-corrected chi connectivity index (χ2v) is 6.42. The van der Waals surface area contributed by atoms with Crippen molar-refractivity contribution < 1.29 is 18.7 Å². The lowest BCUT2D eigenvalue weighted by atomic mass is 10.1. The fourth-order valence-corrected chi connectivity index (χ4v) is 3.21. The van der Waals surface area contributed by atoms with E-state index in [9.17, 15) is 9.59 Å². The van der Waals surface area contributed by atoms with E-state index in [1.54, 1.807) is 4.90 Å². The average Bonchev–Trinajstić information content (AvgIpc) is 2.92. The highest BCUT2D eigenvalue weighted by atomic mass is 16.5. The summed E-state index contributed by atoms with van der Waals surface area (Å²) in [5.74, 6) is 1.58. The van der Waals surface area contributed by atoms with Crippen molar-refractivity contribution in [2.24, 2.45) is 0 Å². The molecule has 8 heteroatoms. The number of carbonyl (C=O) groups excluding carboxylic acids is 2. The molecule has 0 aromatic carbocycles. The molecule has 0 radical (unpaired) electrons. The molecule has 2 aliphatic heterocycles. The molecule has 0 aliphatic carbocycles. The van der Waals surface area contributed by atoms with E-state index in [1.807, 2.05) is 19.1 Å². The van der Waals surface area contributed by atoms with Gasteiger partial charge in [0.2, 0.25) is 5.91 Å². The summed E-state index contributed by atoms with van der Waals surface area (Å²) in [6, 6.07) is 3.64. The highest BCUT2D eigenvalue weighted by molar-refractivity contribution is 5.84. The Bertz CT molecular complexity index is 597. The molecule has 8 nitrogen and oxygen atoms in total. The zero-order valence-electron chi connectivity index (χ0n) is 14.6. The number of urea groups is 1. The van der Waals surface area contributed by atoms with Gasteiger partial charge in [-0.1, -0.05) is 0 Å². The van der Waals surface area contributed by atoms with E-state index in [0.29, 0.717) is 32.8 Å². The van der Waals surface area contributed by atoms with Crippen LogP contribution in [-0.4, -0.2) is 74.2 Å². The van der Waals surface area contributed by atoms with E-state index < -0.39 is 0 Å². The molecular weight excluding hydrogens is 324 g/mol. The summed E-state index contributed by atoms with van der Waals surface area (Å²) in [6.07, 6.45) is 0.767. The first-order chi connectivity index (χ1) is 12.1. The van der Waals surface area contributed by atoms with Gasteiger partial charge in [-0.2, -0.15) is 0 Å². The van der Waals surface area contributed by atoms with E-state index in [0.717, 1.165) is 31.0 Å². The monoisotopic (exact) mass is 350 g/mol. The minimum absolute atomic E-state index is 0.0395. The predicted molar refractivity (Wildman–Crippen MR) is 91.2 cm³/mol. The van der Waals surface area contributed by atoms with Gasteiger partial charge in [0.15, 0.2) is 0 Å². The first kappa shape index (κ1) is 17.8. The van der Waals surface area contributed by atoms with E-state index in [2.05, 4.69) is 15.5 Å². The van der Waals surface area contributed by atoms with Gasteiger partial charge in [-0.15, -0.1) is 0 Å². The smallest absolute Gasteiger partial charge is 0.317 e. The molecular formula is C17H26N4O4. The highest BCUT2D eigenvalue weighted by Crippen LogP contribution is 2.23. The first-order valence-corrected chi connectivity index (χ1v) is 8.81. The van der Waals surface area contributed by atoms with Crippen LogP contribution in [0.3, 0.4) is 0 Å². The molecule has 2 fully saturated rings. The summed E-state index contributed by atoms with van der Waals surface area (Å²) in [5.41, 5.74) is 0. The molecule has 3 amide bonds. The number of hydrogen-bond donors (Lipinski definition) is 2. The number of nitrogens with one attached hydrogen (secondary N) is 2. The molecule has 2 aliphatic rings. The summed E-state index contributed by atoms with van der Waals surface area (Å²) >= 11 is 0. The van der Waals surface area contributed by atoms with Crippen LogP contribution in [0.25, 0.3) is 0 Å². The Hall–Kier alpha value is -2.06. The van der Waals surface area contributed by atoms with Crippen molar-refractivity contribution in [2.45, 2.75) is 19.4 Å². The third-order valence-electron chi connectivity index (χ3n) is 4.57. The van der Waals surface area contributed by atoms with Crippen LogP contribution in [0.15, 0.2) is 16.5 Å². The molecule has 2 saturated heterocycles. The molecule has 138 valence electrons. The summed E-state index contributed by atoms with van der Waals surface area (Å²) in [5, 5.41) is 5.75. The molecule has 0 bridgehead atoms. The van der Waals surface area contributed by atoms with Crippen molar-refractivity contribution in [3.8, 4) is 0 Å². The van der Waals surface area contributed by atoms with Crippen LogP contribution in [0, 0.1) is 6.92 Å². The van der Waals surface area contributed by atoms with Gasteiger partial charge < -0.3 is 24.7 Å². The molecule has 2 N–H and O–H groups in total. The van der Waals surface area contributed by atoms with Gasteiger partial charge in [-0.25, -0.2) is 4.79 Å². The number of nitrogens with zero attached hydrogens (tertiary/aromatic N) is 2. The fourth-order valence-electron chi connectivity index (χ4n) is 3.21. The Morgan fingerprint density at radius 2 is 2.12 bits per heavy atom. The van der Waals surface area contributed by atoms with Gasteiger partial charge in [-0.3, -0.25) is 9.69 Å². The number of ether oxygens (including phenoxy) is 1. The lowest BCUT2D eigenvalue weighted by Gasteiger charge is -2.33. The Kier molecular flexibility index (Phi) is 5.93. The van der Waals surface area contributed by atoms with Crippen LogP contribution < -0.4 is 10.6 Å². The van der Waals surface area contributed by atoms with Gasteiger partial charge in [0.05, 0.1) is 19.3 Å². The minimum Gasteiger partial charge on any atom is -0.465 e. The average molecular weight is 350 g/mol. The van der Waals surface area contributed by atoms with Crippen LogP contribution >= 0.6 is 0 Å². The van der Waals surface area contributed by atoms with Gasteiger partial charge >= 0.3 is 6.03 Å². The third-order valence-corrected chi connectivity index (χ3v) is 4.57. The lowest BCUT2D eigenvalue weighted by molar-refractivity contribution is -0.121. The molecule has 1 aromatic rings. The lowest BCUT2D eigenvalue weighted by Crippen LogP contribution is -2.48. The number of rotatable bonds is 4. The van der Waals surface area contributed by atoms with Crippen molar-refractivity contribution in [1.82, 2.24) is 20.4 Å². The van der Waals surface area contributed by atoms with Crippen molar-refractivity contribution >= 4 is 11.9 Å². The maximum absolute atomic E-state index is 12.5. The van der Waals surface area contributed by atoms with Gasteiger partial charge in [0, 0.05) is 32.7 Å². The van der Waals surface area contributed by atoms with Crippen molar-refractivity contribution in [2.75, 3.05) is 52.5 Å². The Labute approximate surface area is 147 Å². The number of hydrogen-bond acceptors (Lipinski definition) is 5. The SMILES string of the molecule is Cc1ccc([C@@H](CNC(=O)N2CCCNC(=O)C2)N2CCOCC2)o1. The maximum Gasteiger partial charge on any atom is 0.317 e. The quantitative estimate of drug-likeness (QED) is 0.825. The van der Waals surface area contributed by atoms with Gasteiger partial charge in [-0.05, 0) is 25.5 Å². The topological polar surface area (TPSA) is 87.1 Å². The Morgan fingerprint density at radius 3 is 2.84 bits per heavy atom.